The van der Waals surface area contributed by atoms with E-state index in [1.165, 1.54) is 0 Å². The van der Waals surface area contributed by atoms with Gasteiger partial charge in [0.1, 0.15) is 6.61 Å². The van der Waals surface area contributed by atoms with Crippen LogP contribution in [0.25, 0.3) is 10.4 Å². The van der Waals surface area contributed by atoms with Crippen molar-refractivity contribution in [1.29, 1.82) is 0 Å². The van der Waals surface area contributed by atoms with E-state index in [9.17, 15) is 25.0 Å². The predicted molar refractivity (Wildman–Crippen MR) is 88.4 cm³/mol. The van der Waals surface area contributed by atoms with Gasteiger partial charge in [0.2, 0.25) is 0 Å². The Morgan fingerprint density at radius 2 is 1.69 bits per heavy atom. The summed E-state index contributed by atoms with van der Waals surface area (Å²) < 4.78 is 5.02. The molecule has 0 heterocycles. The zero-order valence-corrected chi connectivity index (χ0v) is 13.1. The number of carbonyl (C=O) groups is 1. The van der Waals surface area contributed by atoms with E-state index in [4.69, 9.17) is 10.3 Å². The van der Waals surface area contributed by atoms with Gasteiger partial charge in [-0.05, 0) is 11.1 Å². The highest BCUT2D eigenvalue weighted by atomic mass is 16.6. The lowest BCUT2D eigenvalue weighted by molar-refractivity contribution is -0.394. The minimum absolute atomic E-state index is 0.330. The second kappa shape index (κ2) is 8.22. The lowest BCUT2D eigenvalue weighted by Gasteiger charge is -2.12. The Hall–Kier alpha value is -3.98. The molecule has 0 aromatic heterocycles. The molecule has 0 radical (unpaired) electrons. The van der Waals surface area contributed by atoms with Crippen LogP contribution >= 0.6 is 0 Å². The van der Waals surface area contributed by atoms with E-state index < -0.39 is 33.2 Å². The number of hydrogen-bond acceptors (Lipinski definition) is 7. The van der Waals surface area contributed by atoms with Crippen LogP contribution in [-0.2, 0) is 4.74 Å². The lowest BCUT2D eigenvalue weighted by Crippen LogP contribution is -2.12. The number of carbonyl (C=O) groups excluding carboxylic acids is 1. The van der Waals surface area contributed by atoms with Gasteiger partial charge in [0.25, 0.3) is 11.4 Å². The van der Waals surface area contributed by atoms with Crippen molar-refractivity contribution in [1.82, 2.24) is 0 Å². The first kappa shape index (κ1) is 18.4. The molecule has 0 aliphatic heterocycles. The van der Waals surface area contributed by atoms with Gasteiger partial charge >= 0.3 is 5.97 Å². The Morgan fingerprint density at radius 3 is 2.19 bits per heavy atom. The van der Waals surface area contributed by atoms with Gasteiger partial charge < -0.3 is 4.74 Å². The Bertz CT molecular complexity index is 862. The third-order valence-electron chi connectivity index (χ3n) is 3.31. The fourth-order valence-corrected chi connectivity index (χ4v) is 2.10. The molecule has 26 heavy (non-hydrogen) atoms. The summed E-state index contributed by atoms with van der Waals surface area (Å²) in [7, 11) is 0. The van der Waals surface area contributed by atoms with Gasteiger partial charge in [0.15, 0.2) is 0 Å². The molecule has 0 fully saturated rings. The van der Waals surface area contributed by atoms with Crippen molar-refractivity contribution in [2.75, 3.05) is 6.61 Å². The lowest BCUT2D eigenvalue weighted by atomic mass is 10.1. The zero-order valence-electron chi connectivity index (χ0n) is 13.1. The fraction of sp³-hybridized carbons (Fsp3) is 0.133. The van der Waals surface area contributed by atoms with Crippen LogP contribution < -0.4 is 0 Å². The molecule has 0 aliphatic carbocycles. The third-order valence-corrected chi connectivity index (χ3v) is 3.31. The van der Waals surface area contributed by atoms with E-state index in [-0.39, 0.29) is 12.2 Å². The van der Waals surface area contributed by atoms with Crippen LogP contribution in [-0.4, -0.2) is 22.4 Å². The van der Waals surface area contributed by atoms with Gasteiger partial charge in [-0.3, -0.25) is 20.2 Å². The standard InChI is InChI=1S/C15H11N5O6/c16-18-17-14(10-4-2-1-3-5-10)9-26-15(21)11-6-12(19(22)23)8-13(7-11)20(24)25/h1-8,14H,9H2/t14-/m0/s1. The molecular weight excluding hydrogens is 346 g/mol. The second-order valence-electron chi connectivity index (χ2n) is 4.98. The van der Waals surface area contributed by atoms with E-state index in [1.54, 1.807) is 30.3 Å². The second-order valence-corrected chi connectivity index (χ2v) is 4.98. The van der Waals surface area contributed by atoms with Crippen molar-refractivity contribution in [2.45, 2.75) is 6.04 Å². The van der Waals surface area contributed by atoms with Crippen LogP contribution in [0.1, 0.15) is 22.0 Å². The van der Waals surface area contributed by atoms with Crippen LogP contribution in [0.5, 0.6) is 0 Å². The number of nitro groups is 2. The summed E-state index contributed by atoms with van der Waals surface area (Å²) in [6, 6.07) is 10.2. The van der Waals surface area contributed by atoms with Crippen molar-refractivity contribution in [3.05, 3.63) is 90.3 Å². The first-order valence-electron chi connectivity index (χ1n) is 7.12. The number of rotatable bonds is 7. The normalized spacial score (nSPS) is 11.1. The largest absolute Gasteiger partial charge is 0.461 e. The summed E-state index contributed by atoms with van der Waals surface area (Å²) in [6.07, 6.45) is 0. The molecule has 0 N–H and O–H groups in total. The highest BCUT2D eigenvalue weighted by Crippen LogP contribution is 2.24. The van der Waals surface area contributed by atoms with Gasteiger partial charge in [0.05, 0.1) is 27.5 Å². The van der Waals surface area contributed by atoms with Crippen molar-refractivity contribution in [3.8, 4) is 0 Å². The monoisotopic (exact) mass is 357 g/mol. The number of esters is 1. The van der Waals surface area contributed by atoms with Gasteiger partial charge in [-0.15, -0.1) is 0 Å². The number of benzene rings is 2. The molecule has 2 aromatic carbocycles. The Morgan fingerprint density at radius 1 is 1.12 bits per heavy atom. The quantitative estimate of drug-likeness (QED) is 0.183. The number of hydrogen-bond donors (Lipinski definition) is 0. The predicted octanol–water partition coefficient (Wildman–Crippen LogP) is 3.71. The molecule has 0 amide bonds. The zero-order chi connectivity index (χ0) is 19.1. The summed E-state index contributed by atoms with van der Waals surface area (Å²) in [6.45, 7) is -0.330. The first-order chi connectivity index (χ1) is 12.4. The van der Waals surface area contributed by atoms with Gasteiger partial charge in [-0.2, -0.15) is 0 Å². The van der Waals surface area contributed by atoms with Crippen molar-refractivity contribution in [2.24, 2.45) is 5.11 Å². The maximum absolute atomic E-state index is 12.1. The van der Waals surface area contributed by atoms with Crippen LogP contribution in [0, 0.1) is 20.2 Å². The van der Waals surface area contributed by atoms with Crippen LogP contribution in [0.15, 0.2) is 53.6 Å². The average molecular weight is 357 g/mol. The van der Waals surface area contributed by atoms with Gasteiger partial charge in [-0.25, -0.2) is 4.79 Å². The molecule has 0 aliphatic rings. The highest BCUT2D eigenvalue weighted by Gasteiger charge is 2.21. The summed E-state index contributed by atoms with van der Waals surface area (Å²) in [5.74, 6) is -1.01. The summed E-state index contributed by atoms with van der Waals surface area (Å²) >= 11 is 0. The number of nitro benzene ring substituents is 2. The topological polar surface area (TPSA) is 161 Å². The smallest absolute Gasteiger partial charge is 0.338 e. The third kappa shape index (κ3) is 4.52. The molecule has 132 valence electrons. The molecule has 0 saturated carbocycles. The molecule has 11 nitrogen and oxygen atoms in total. The number of ether oxygens (including phenoxy) is 1. The van der Waals surface area contributed by atoms with Gasteiger partial charge in [-0.1, -0.05) is 35.4 Å². The van der Waals surface area contributed by atoms with Crippen LogP contribution in [0.4, 0.5) is 11.4 Å². The number of non-ortho nitro benzene ring substituents is 2. The Labute approximate surface area is 145 Å². The molecule has 0 saturated heterocycles. The van der Waals surface area contributed by atoms with E-state index in [1.807, 2.05) is 0 Å². The SMILES string of the molecule is [N-]=[N+]=N[C@@H](COC(=O)c1cc([N+](=O)[O-])cc([N+](=O)[O-])c1)c1ccccc1. The molecule has 0 unspecified atom stereocenters. The van der Waals surface area contributed by atoms with Crippen molar-refractivity contribution in [3.63, 3.8) is 0 Å². The minimum Gasteiger partial charge on any atom is -0.461 e. The van der Waals surface area contributed by atoms with Crippen LogP contribution in [0.3, 0.4) is 0 Å². The maximum atomic E-state index is 12.1. The first-order valence-corrected chi connectivity index (χ1v) is 7.12. The summed E-state index contributed by atoms with van der Waals surface area (Å²) in [5.41, 5.74) is 7.67. The van der Waals surface area contributed by atoms with Crippen molar-refractivity contribution >= 4 is 17.3 Å². The minimum atomic E-state index is -1.01. The average Bonchev–Trinajstić information content (AvgIpc) is 2.65. The van der Waals surface area contributed by atoms with E-state index in [0.717, 1.165) is 18.2 Å². The fourth-order valence-electron chi connectivity index (χ4n) is 2.10. The summed E-state index contributed by atoms with van der Waals surface area (Å²) in [5, 5.41) is 25.3. The number of azide groups is 1. The van der Waals surface area contributed by atoms with E-state index in [0.29, 0.717) is 5.56 Å². The molecule has 0 spiro atoms. The number of nitrogens with zero attached hydrogens (tertiary/aromatic N) is 5. The molecule has 11 heteroatoms. The molecule has 1 atom stereocenters. The van der Waals surface area contributed by atoms with Gasteiger partial charge in [0, 0.05) is 17.0 Å². The summed E-state index contributed by atoms with van der Waals surface area (Å²) in [4.78, 5) is 34.8. The molecular formula is C15H11N5O6. The molecule has 2 rings (SSSR count). The maximum Gasteiger partial charge on any atom is 0.338 e. The van der Waals surface area contributed by atoms with Crippen LogP contribution in [0.2, 0.25) is 0 Å². The van der Waals surface area contributed by atoms with E-state index >= 15 is 0 Å². The Kier molecular flexibility index (Phi) is 5.80. The molecule has 2 aromatic rings. The Balaban J connectivity index is 2.22. The molecule has 0 bridgehead atoms. The highest BCUT2D eigenvalue weighted by molar-refractivity contribution is 5.91. The van der Waals surface area contributed by atoms with E-state index in [2.05, 4.69) is 10.0 Å². The van der Waals surface area contributed by atoms with Crippen molar-refractivity contribution < 1.29 is 19.4 Å².